The minimum atomic E-state index is -0.400. The Kier molecular flexibility index (Phi) is 7.95. The summed E-state index contributed by atoms with van der Waals surface area (Å²) in [4.78, 5) is 12.4. The van der Waals surface area contributed by atoms with Crippen LogP contribution in [0.1, 0.15) is 22.8 Å². The van der Waals surface area contributed by atoms with Crippen molar-refractivity contribution in [2.75, 3.05) is 6.61 Å². The Balaban J connectivity index is 1.67. The number of nitrogens with zero attached hydrogens (tertiary/aromatic N) is 1. The van der Waals surface area contributed by atoms with Crippen molar-refractivity contribution in [1.82, 2.24) is 5.43 Å². The minimum Gasteiger partial charge on any atom is -0.506 e. The molecule has 0 unspecified atom stereocenters. The van der Waals surface area contributed by atoms with Gasteiger partial charge in [0.1, 0.15) is 23.0 Å². The van der Waals surface area contributed by atoms with E-state index in [1.165, 1.54) is 6.21 Å². The summed E-state index contributed by atoms with van der Waals surface area (Å²) < 4.78 is 12.2. The highest BCUT2D eigenvalue weighted by atomic mass is 79.9. The average Bonchev–Trinajstić information content (AvgIpc) is 2.74. The van der Waals surface area contributed by atoms with Gasteiger partial charge in [-0.15, -0.1) is 0 Å². The van der Waals surface area contributed by atoms with Crippen LogP contribution in [0, 0.1) is 0 Å². The summed E-state index contributed by atoms with van der Waals surface area (Å²) >= 11 is 12.7. The Labute approximate surface area is 201 Å². The van der Waals surface area contributed by atoms with Crippen LogP contribution < -0.4 is 14.9 Å². The lowest BCUT2D eigenvalue weighted by Gasteiger charge is -2.10. The summed E-state index contributed by atoms with van der Waals surface area (Å²) in [6, 6.07) is 15.2. The van der Waals surface area contributed by atoms with E-state index >= 15 is 0 Å². The second-order valence-corrected chi connectivity index (χ2v) is 8.30. The first-order valence-electron chi connectivity index (χ1n) is 9.09. The van der Waals surface area contributed by atoms with Crippen molar-refractivity contribution in [2.45, 2.75) is 6.92 Å². The second kappa shape index (κ2) is 10.7. The first kappa shape index (κ1) is 23.1. The maximum absolute atomic E-state index is 12.4. The Morgan fingerprint density at radius 2 is 1.84 bits per heavy atom. The van der Waals surface area contributed by atoms with E-state index in [4.69, 9.17) is 21.1 Å². The Morgan fingerprint density at radius 1 is 1.13 bits per heavy atom. The third-order valence-corrected chi connectivity index (χ3v) is 5.46. The minimum absolute atomic E-state index is 0.0896. The van der Waals surface area contributed by atoms with Gasteiger partial charge in [0.05, 0.1) is 26.8 Å². The van der Waals surface area contributed by atoms with E-state index in [-0.39, 0.29) is 5.75 Å². The molecule has 0 atom stereocenters. The number of amides is 1. The summed E-state index contributed by atoms with van der Waals surface area (Å²) in [5.74, 6) is 1.26. The standard InChI is InChI=1S/C22H17Br2ClN2O4/c1-2-30-20-7-6-16(11-19(20)25)31-15-5-3-4-14(10-15)22(29)27-26-12-13-8-17(23)21(28)18(24)9-13/h3-12,28H,2H2,1H3,(H,27,29)/b26-12+. The highest BCUT2D eigenvalue weighted by Gasteiger charge is 2.09. The van der Waals surface area contributed by atoms with Gasteiger partial charge in [0.2, 0.25) is 0 Å². The number of aromatic hydroxyl groups is 1. The molecule has 0 aliphatic heterocycles. The molecule has 160 valence electrons. The van der Waals surface area contributed by atoms with Gasteiger partial charge in [-0.05, 0) is 86.8 Å². The molecule has 3 rings (SSSR count). The SMILES string of the molecule is CCOc1ccc(Oc2cccc(C(=O)N/N=C/c3cc(Br)c(O)c(Br)c3)c2)cc1Cl. The molecule has 0 bridgehead atoms. The van der Waals surface area contributed by atoms with Crippen molar-refractivity contribution >= 4 is 55.6 Å². The number of rotatable bonds is 7. The van der Waals surface area contributed by atoms with E-state index in [2.05, 4.69) is 42.4 Å². The van der Waals surface area contributed by atoms with Crippen LogP contribution in [0.25, 0.3) is 0 Å². The van der Waals surface area contributed by atoms with Gasteiger partial charge in [0.15, 0.2) is 0 Å². The van der Waals surface area contributed by atoms with E-state index in [1.807, 2.05) is 6.92 Å². The maximum Gasteiger partial charge on any atom is 0.271 e. The van der Waals surface area contributed by atoms with Crippen molar-refractivity contribution in [3.63, 3.8) is 0 Å². The molecule has 3 aromatic rings. The summed E-state index contributed by atoms with van der Waals surface area (Å²) in [7, 11) is 0. The van der Waals surface area contributed by atoms with Gasteiger partial charge in [-0.25, -0.2) is 5.43 Å². The Bertz CT molecular complexity index is 1120. The number of carbonyl (C=O) groups is 1. The number of carbonyl (C=O) groups excluding carboxylic acids is 1. The van der Waals surface area contributed by atoms with Crippen LogP contribution >= 0.6 is 43.5 Å². The molecule has 0 saturated heterocycles. The number of phenolic OH excluding ortho intramolecular Hbond substituents is 1. The highest BCUT2D eigenvalue weighted by Crippen LogP contribution is 2.33. The van der Waals surface area contributed by atoms with Gasteiger partial charge in [0.25, 0.3) is 5.91 Å². The molecule has 0 aromatic heterocycles. The number of ether oxygens (including phenoxy) is 2. The van der Waals surface area contributed by atoms with E-state index in [0.29, 0.717) is 49.0 Å². The van der Waals surface area contributed by atoms with E-state index in [1.54, 1.807) is 54.6 Å². The molecule has 31 heavy (non-hydrogen) atoms. The van der Waals surface area contributed by atoms with Crippen LogP contribution in [0.5, 0.6) is 23.0 Å². The largest absolute Gasteiger partial charge is 0.506 e. The highest BCUT2D eigenvalue weighted by molar-refractivity contribution is 9.11. The van der Waals surface area contributed by atoms with Crippen LogP contribution in [0.2, 0.25) is 5.02 Å². The van der Waals surface area contributed by atoms with Crippen molar-refractivity contribution in [3.05, 3.63) is 79.7 Å². The number of hydrogen-bond donors (Lipinski definition) is 2. The van der Waals surface area contributed by atoms with Crippen molar-refractivity contribution in [2.24, 2.45) is 5.10 Å². The van der Waals surface area contributed by atoms with E-state index < -0.39 is 5.91 Å². The first-order valence-corrected chi connectivity index (χ1v) is 11.1. The molecule has 2 N–H and O–H groups in total. The number of benzene rings is 3. The molecule has 1 amide bonds. The fraction of sp³-hybridized carbons (Fsp3) is 0.0909. The number of hydrogen-bond acceptors (Lipinski definition) is 5. The van der Waals surface area contributed by atoms with Gasteiger partial charge in [0, 0.05) is 11.6 Å². The molecule has 0 radical (unpaired) electrons. The average molecular weight is 569 g/mol. The maximum atomic E-state index is 12.4. The number of halogens is 3. The van der Waals surface area contributed by atoms with Crippen molar-refractivity contribution < 1.29 is 19.4 Å². The summed E-state index contributed by atoms with van der Waals surface area (Å²) in [6.45, 7) is 2.39. The fourth-order valence-electron chi connectivity index (χ4n) is 2.54. The van der Waals surface area contributed by atoms with Gasteiger partial charge in [-0.1, -0.05) is 17.7 Å². The molecule has 0 aliphatic rings. The topological polar surface area (TPSA) is 80.2 Å². The zero-order chi connectivity index (χ0) is 22.4. The van der Waals surface area contributed by atoms with Crippen LogP contribution in [0.15, 0.2) is 68.6 Å². The van der Waals surface area contributed by atoms with Gasteiger partial charge < -0.3 is 14.6 Å². The lowest BCUT2D eigenvalue weighted by atomic mass is 10.2. The first-order chi connectivity index (χ1) is 14.9. The van der Waals surface area contributed by atoms with Crippen LogP contribution in [0.4, 0.5) is 0 Å². The molecule has 3 aromatic carbocycles. The Morgan fingerprint density at radius 3 is 2.52 bits per heavy atom. The summed E-state index contributed by atoms with van der Waals surface area (Å²) in [6.07, 6.45) is 1.47. The zero-order valence-corrected chi connectivity index (χ0v) is 20.2. The molecule has 0 aliphatic carbocycles. The van der Waals surface area contributed by atoms with Crippen LogP contribution in [-0.2, 0) is 0 Å². The van der Waals surface area contributed by atoms with E-state index in [0.717, 1.165) is 0 Å². The zero-order valence-electron chi connectivity index (χ0n) is 16.2. The second-order valence-electron chi connectivity index (χ2n) is 6.19. The van der Waals surface area contributed by atoms with Crippen LogP contribution in [0.3, 0.4) is 0 Å². The smallest absolute Gasteiger partial charge is 0.271 e. The number of hydrazone groups is 1. The normalized spacial score (nSPS) is 10.8. The molecule has 0 saturated carbocycles. The molecule has 0 heterocycles. The van der Waals surface area contributed by atoms with Gasteiger partial charge in [-0.3, -0.25) is 4.79 Å². The predicted molar refractivity (Wildman–Crippen MR) is 128 cm³/mol. The molecular weight excluding hydrogens is 552 g/mol. The molecular formula is C22H17Br2ClN2O4. The lowest BCUT2D eigenvalue weighted by Crippen LogP contribution is -2.17. The molecule has 9 heteroatoms. The van der Waals surface area contributed by atoms with Gasteiger partial charge in [-0.2, -0.15) is 5.10 Å². The molecule has 0 fully saturated rings. The summed E-state index contributed by atoms with van der Waals surface area (Å²) in [5.41, 5.74) is 3.52. The van der Waals surface area contributed by atoms with Crippen LogP contribution in [-0.4, -0.2) is 23.8 Å². The third kappa shape index (κ3) is 6.22. The Hall–Kier alpha value is -2.55. The molecule has 0 spiro atoms. The van der Waals surface area contributed by atoms with Crippen molar-refractivity contribution in [1.29, 1.82) is 0 Å². The predicted octanol–water partition coefficient (Wildman–Crippen LogP) is 6.53. The third-order valence-electron chi connectivity index (χ3n) is 3.95. The lowest BCUT2D eigenvalue weighted by molar-refractivity contribution is 0.0955. The monoisotopic (exact) mass is 566 g/mol. The number of phenols is 1. The molecule has 6 nitrogen and oxygen atoms in total. The number of nitrogens with one attached hydrogen (secondary N) is 1. The van der Waals surface area contributed by atoms with Crippen molar-refractivity contribution in [3.8, 4) is 23.0 Å². The van der Waals surface area contributed by atoms with Gasteiger partial charge >= 0.3 is 0 Å². The fourth-order valence-corrected chi connectivity index (χ4v) is 3.99. The summed E-state index contributed by atoms with van der Waals surface area (Å²) in [5, 5.41) is 14.1. The van der Waals surface area contributed by atoms with E-state index in [9.17, 15) is 9.90 Å². The quantitative estimate of drug-likeness (QED) is 0.251.